The average molecular weight is 385 g/mol. The van der Waals surface area contributed by atoms with E-state index >= 15 is 0 Å². The number of carbonyl (C=O) groups is 2. The summed E-state index contributed by atoms with van der Waals surface area (Å²) in [6.07, 6.45) is -3.15. The van der Waals surface area contributed by atoms with E-state index in [1.807, 2.05) is 4.90 Å². The Morgan fingerprint density at radius 2 is 1.93 bits per heavy atom. The zero-order chi connectivity index (χ0) is 19.4. The number of anilines is 1. The monoisotopic (exact) mass is 385 g/mol. The van der Waals surface area contributed by atoms with Crippen molar-refractivity contribution in [1.82, 2.24) is 9.80 Å². The lowest BCUT2D eigenvalue weighted by Gasteiger charge is -2.35. The summed E-state index contributed by atoms with van der Waals surface area (Å²) in [5.74, 6) is -0.381. The average Bonchev–Trinajstić information content (AvgIpc) is 3.16. The predicted molar refractivity (Wildman–Crippen MR) is 92.1 cm³/mol. The van der Waals surface area contributed by atoms with Crippen molar-refractivity contribution in [3.8, 4) is 0 Å². The molecule has 0 aliphatic carbocycles. The van der Waals surface area contributed by atoms with Gasteiger partial charge in [0.2, 0.25) is 5.91 Å². The van der Waals surface area contributed by atoms with Gasteiger partial charge in [0, 0.05) is 38.5 Å². The zero-order valence-electron chi connectivity index (χ0n) is 14.8. The van der Waals surface area contributed by atoms with Gasteiger partial charge >= 0.3 is 6.18 Å². The van der Waals surface area contributed by atoms with Gasteiger partial charge in [-0.3, -0.25) is 14.5 Å². The molecule has 0 aromatic heterocycles. The highest BCUT2D eigenvalue weighted by Gasteiger charge is 2.31. The molecule has 2 fully saturated rings. The van der Waals surface area contributed by atoms with Gasteiger partial charge in [0.05, 0.1) is 12.1 Å². The second-order valence-corrected chi connectivity index (χ2v) is 6.73. The molecule has 2 aliphatic rings. The third kappa shape index (κ3) is 5.20. The summed E-state index contributed by atoms with van der Waals surface area (Å²) in [6.45, 7) is 2.78. The summed E-state index contributed by atoms with van der Waals surface area (Å²) < 4.78 is 43.6. The Hall–Kier alpha value is -2.13. The number of hydrogen-bond acceptors (Lipinski definition) is 4. The second-order valence-electron chi connectivity index (χ2n) is 6.73. The van der Waals surface area contributed by atoms with Crippen molar-refractivity contribution in [2.75, 3.05) is 44.6 Å². The van der Waals surface area contributed by atoms with Crippen LogP contribution < -0.4 is 5.32 Å². The Bertz CT molecular complexity index is 682. The van der Waals surface area contributed by atoms with Crippen LogP contribution in [-0.2, 0) is 20.5 Å². The van der Waals surface area contributed by atoms with Crippen molar-refractivity contribution in [2.45, 2.75) is 25.1 Å². The van der Waals surface area contributed by atoms with Crippen LogP contribution in [0.5, 0.6) is 0 Å². The normalized spacial score (nSPS) is 21.3. The lowest BCUT2D eigenvalue weighted by Crippen LogP contribution is -2.52. The Balaban J connectivity index is 1.46. The quantitative estimate of drug-likeness (QED) is 0.861. The molecule has 27 heavy (non-hydrogen) atoms. The minimum Gasteiger partial charge on any atom is -0.368 e. The molecule has 1 atom stereocenters. The Labute approximate surface area is 155 Å². The summed E-state index contributed by atoms with van der Waals surface area (Å²) in [7, 11) is 0. The van der Waals surface area contributed by atoms with Crippen LogP contribution in [0.25, 0.3) is 0 Å². The van der Waals surface area contributed by atoms with Crippen LogP contribution in [-0.4, -0.2) is 67.0 Å². The van der Waals surface area contributed by atoms with Crippen LogP contribution in [0.4, 0.5) is 18.9 Å². The van der Waals surface area contributed by atoms with Gasteiger partial charge in [-0.15, -0.1) is 0 Å². The van der Waals surface area contributed by atoms with Crippen LogP contribution in [0.2, 0.25) is 0 Å². The molecular formula is C18H22F3N3O3. The molecule has 2 aliphatic heterocycles. The minimum atomic E-state index is -4.45. The molecule has 2 amide bonds. The van der Waals surface area contributed by atoms with Crippen molar-refractivity contribution in [1.29, 1.82) is 0 Å². The van der Waals surface area contributed by atoms with E-state index < -0.39 is 11.7 Å². The number of nitrogens with zero attached hydrogens (tertiary/aromatic N) is 2. The number of hydrogen-bond donors (Lipinski definition) is 1. The summed E-state index contributed by atoms with van der Waals surface area (Å²) in [4.78, 5) is 28.1. The third-order valence-electron chi connectivity index (χ3n) is 4.73. The molecule has 0 spiro atoms. The molecule has 9 heteroatoms. The van der Waals surface area contributed by atoms with Crippen molar-refractivity contribution >= 4 is 17.5 Å². The Kier molecular flexibility index (Phi) is 6.01. The first-order valence-electron chi connectivity index (χ1n) is 8.93. The molecule has 2 heterocycles. The van der Waals surface area contributed by atoms with Gasteiger partial charge in [-0.05, 0) is 31.0 Å². The van der Waals surface area contributed by atoms with Gasteiger partial charge in [-0.25, -0.2) is 0 Å². The summed E-state index contributed by atoms with van der Waals surface area (Å²) in [5.41, 5.74) is -0.691. The van der Waals surface area contributed by atoms with Gasteiger partial charge < -0.3 is 15.0 Å². The Morgan fingerprint density at radius 1 is 1.19 bits per heavy atom. The molecule has 2 saturated heterocycles. The molecule has 1 N–H and O–H groups in total. The molecule has 0 bridgehead atoms. The van der Waals surface area contributed by atoms with E-state index in [0.717, 1.165) is 25.0 Å². The van der Waals surface area contributed by atoms with Gasteiger partial charge in [0.1, 0.15) is 6.10 Å². The van der Waals surface area contributed by atoms with Gasteiger partial charge in [0.15, 0.2) is 0 Å². The molecule has 1 aromatic carbocycles. The maximum Gasteiger partial charge on any atom is 0.416 e. The van der Waals surface area contributed by atoms with Crippen molar-refractivity contribution < 1.29 is 27.5 Å². The number of halogens is 3. The number of nitrogens with one attached hydrogen (secondary N) is 1. The number of benzene rings is 1. The molecule has 1 aromatic rings. The lowest BCUT2D eigenvalue weighted by molar-refractivity contribution is -0.142. The fourth-order valence-corrected chi connectivity index (χ4v) is 3.28. The molecule has 6 nitrogen and oxygen atoms in total. The van der Waals surface area contributed by atoms with E-state index in [1.54, 1.807) is 4.90 Å². The zero-order valence-corrected chi connectivity index (χ0v) is 14.8. The second kappa shape index (κ2) is 8.26. The summed E-state index contributed by atoms with van der Waals surface area (Å²) >= 11 is 0. The van der Waals surface area contributed by atoms with Crippen LogP contribution in [0.1, 0.15) is 18.4 Å². The van der Waals surface area contributed by atoms with E-state index in [2.05, 4.69) is 5.32 Å². The van der Waals surface area contributed by atoms with Crippen LogP contribution in [0.15, 0.2) is 24.3 Å². The first-order valence-corrected chi connectivity index (χ1v) is 8.93. The van der Waals surface area contributed by atoms with E-state index in [9.17, 15) is 22.8 Å². The van der Waals surface area contributed by atoms with Crippen molar-refractivity contribution in [3.63, 3.8) is 0 Å². The summed E-state index contributed by atoms with van der Waals surface area (Å²) in [6, 6.07) is 4.55. The SMILES string of the molecule is O=C(CN1CCN(C(=O)C2CCCO2)CC1)Nc1cccc(C(F)(F)F)c1. The molecule has 3 rings (SSSR count). The smallest absolute Gasteiger partial charge is 0.368 e. The van der Waals surface area contributed by atoms with Crippen molar-refractivity contribution in [2.24, 2.45) is 0 Å². The maximum absolute atomic E-state index is 12.7. The van der Waals surface area contributed by atoms with Crippen molar-refractivity contribution in [3.05, 3.63) is 29.8 Å². The number of ether oxygens (including phenoxy) is 1. The number of amides is 2. The predicted octanol–water partition coefficient (Wildman–Crippen LogP) is 1.97. The van der Waals surface area contributed by atoms with Crippen LogP contribution >= 0.6 is 0 Å². The number of alkyl halides is 3. The minimum absolute atomic E-state index is 0.000525. The fourth-order valence-electron chi connectivity index (χ4n) is 3.28. The van der Waals surface area contributed by atoms with E-state index in [0.29, 0.717) is 32.8 Å². The van der Waals surface area contributed by atoms with Crippen LogP contribution in [0.3, 0.4) is 0 Å². The van der Waals surface area contributed by atoms with E-state index in [1.165, 1.54) is 12.1 Å². The topological polar surface area (TPSA) is 61.9 Å². The molecule has 0 saturated carbocycles. The largest absolute Gasteiger partial charge is 0.416 e. The highest BCUT2D eigenvalue weighted by molar-refractivity contribution is 5.92. The lowest BCUT2D eigenvalue weighted by atomic mass is 10.2. The molecule has 0 radical (unpaired) electrons. The highest BCUT2D eigenvalue weighted by atomic mass is 19.4. The first-order chi connectivity index (χ1) is 12.8. The highest BCUT2D eigenvalue weighted by Crippen LogP contribution is 2.30. The molecular weight excluding hydrogens is 363 g/mol. The summed E-state index contributed by atoms with van der Waals surface area (Å²) in [5, 5.41) is 2.50. The number of rotatable bonds is 4. The Morgan fingerprint density at radius 3 is 2.56 bits per heavy atom. The van der Waals surface area contributed by atoms with E-state index in [-0.39, 0.29) is 30.2 Å². The standard InChI is InChI=1S/C18H22F3N3O3/c19-18(20,21)13-3-1-4-14(11-13)22-16(25)12-23-6-8-24(9-7-23)17(26)15-5-2-10-27-15/h1,3-4,11,15H,2,5-10,12H2,(H,22,25). The molecule has 1 unspecified atom stereocenters. The van der Waals surface area contributed by atoms with Gasteiger partial charge in [-0.1, -0.05) is 6.07 Å². The molecule has 148 valence electrons. The maximum atomic E-state index is 12.7. The fraction of sp³-hybridized carbons (Fsp3) is 0.556. The number of piperazine rings is 1. The van der Waals surface area contributed by atoms with Gasteiger partial charge in [0.25, 0.3) is 5.91 Å². The first kappa shape index (κ1) is 19.6. The number of carbonyl (C=O) groups excluding carboxylic acids is 2. The van der Waals surface area contributed by atoms with Crippen LogP contribution in [0, 0.1) is 0 Å². The van der Waals surface area contributed by atoms with E-state index in [4.69, 9.17) is 4.74 Å². The van der Waals surface area contributed by atoms with Gasteiger partial charge in [-0.2, -0.15) is 13.2 Å². The third-order valence-corrected chi connectivity index (χ3v) is 4.73.